The second-order valence-electron chi connectivity index (χ2n) is 8.20. The number of nitrogens with one attached hydrogen (secondary N) is 1. The third-order valence-corrected chi connectivity index (χ3v) is 6.53. The lowest BCUT2D eigenvalue weighted by atomic mass is 9.72. The Morgan fingerprint density at radius 1 is 1.24 bits per heavy atom. The van der Waals surface area contributed by atoms with E-state index in [4.69, 9.17) is 20.9 Å². The molecule has 0 spiro atoms. The molecule has 3 saturated heterocycles. The summed E-state index contributed by atoms with van der Waals surface area (Å²) in [6.07, 6.45) is 4.93. The van der Waals surface area contributed by atoms with Crippen LogP contribution in [-0.2, 0) is 0 Å². The monoisotopic (exact) mass is 361 g/mol. The molecule has 6 heteroatoms. The predicted molar refractivity (Wildman–Crippen MR) is 98.5 cm³/mol. The van der Waals surface area contributed by atoms with Crippen molar-refractivity contribution in [2.45, 2.75) is 57.2 Å². The van der Waals surface area contributed by atoms with E-state index in [9.17, 15) is 0 Å². The largest absolute Gasteiger partial charge is 0.485 e. The number of hydrogen-bond donors (Lipinski definition) is 1. The average molecular weight is 362 g/mol. The summed E-state index contributed by atoms with van der Waals surface area (Å²) in [5.74, 6) is 2.12. The molecule has 2 bridgehead atoms. The first-order chi connectivity index (χ1) is 12.0. The van der Waals surface area contributed by atoms with Gasteiger partial charge in [-0.15, -0.1) is 0 Å². The van der Waals surface area contributed by atoms with Gasteiger partial charge >= 0.3 is 0 Å². The second-order valence-corrected chi connectivity index (χ2v) is 8.61. The minimum atomic E-state index is 0.117. The molecule has 1 N–H and O–H groups in total. The van der Waals surface area contributed by atoms with Gasteiger partial charge in [0.1, 0.15) is 0 Å². The van der Waals surface area contributed by atoms with Crippen LogP contribution in [0, 0.1) is 5.92 Å². The van der Waals surface area contributed by atoms with Crippen molar-refractivity contribution in [3.8, 4) is 5.75 Å². The number of fused-ring (bicyclic) bond motifs is 4. The van der Waals surface area contributed by atoms with E-state index in [2.05, 4.69) is 29.2 Å². The Morgan fingerprint density at radius 3 is 2.68 bits per heavy atom. The Kier molecular flexibility index (Phi) is 3.48. The van der Waals surface area contributed by atoms with Gasteiger partial charge in [-0.3, -0.25) is 4.90 Å². The lowest BCUT2D eigenvalue weighted by Gasteiger charge is -2.56. The average Bonchev–Trinajstić information content (AvgIpc) is 3.33. The number of halogens is 1. The fourth-order valence-electron chi connectivity index (χ4n) is 4.55. The number of piperidine rings is 3. The molecule has 2 aromatic rings. The van der Waals surface area contributed by atoms with E-state index < -0.39 is 0 Å². The van der Waals surface area contributed by atoms with Gasteiger partial charge in [0.05, 0.1) is 16.5 Å². The first kappa shape index (κ1) is 15.8. The minimum absolute atomic E-state index is 0.117. The minimum Gasteiger partial charge on any atom is -0.485 e. The number of anilines is 1. The molecule has 0 radical (unpaired) electrons. The molecule has 6 rings (SSSR count). The van der Waals surface area contributed by atoms with Gasteiger partial charge in [-0.2, -0.15) is 0 Å². The highest BCUT2D eigenvalue weighted by Crippen LogP contribution is 2.43. The standard InChI is InChI=1S/C19H24ClN3O2/c1-19(2)17(11-7-9-23(19)10-8-11)21-18-13-5-6-14(20)16(15(13)25-22-18)24-12-3-4-12/h5-6,11-12,17H,3-4,7-10H2,1-2H3,(H,21,22). The zero-order valence-electron chi connectivity index (χ0n) is 14.7. The van der Waals surface area contributed by atoms with Crippen LogP contribution in [0.4, 0.5) is 5.82 Å². The van der Waals surface area contributed by atoms with Crippen molar-refractivity contribution in [3.63, 3.8) is 0 Å². The quantitative estimate of drug-likeness (QED) is 0.879. The van der Waals surface area contributed by atoms with Crippen LogP contribution in [0.25, 0.3) is 11.0 Å². The number of aromatic nitrogens is 1. The van der Waals surface area contributed by atoms with Crippen molar-refractivity contribution in [1.82, 2.24) is 10.1 Å². The summed E-state index contributed by atoms with van der Waals surface area (Å²) in [5, 5.41) is 9.56. The Hall–Kier alpha value is -1.46. The molecule has 1 aromatic carbocycles. The van der Waals surface area contributed by atoms with Crippen LogP contribution in [-0.4, -0.2) is 40.8 Å². The summed E-state index contributed by atoms with van der Waals surface area (Å²) >= 11 is 6.33. The van der Waals surface area contributed by atoms with Crippen molar-refractivity contribution in [2.24, 2.45) is 5.92 Å². The van der Waals surface area contributed by atoms with Crippen LogP contribution in [0.1, 0.15) is 39.5 Å². The van der Waals surface area contributed by atoms with Gasteiger partial charge in [0.25, 0.3) is 0 Å². The molecular weight excluding hydrogens is 338 g/mol. The van der Waals surface area contributed by atoms with E-state index in [1.165, 1.54) is 25.9 Å². The molecule has 1 unspecified atom stereocenters. The smallest absolute Gasteiger partial charge is 0.212 e. The van der Waals surface area contributed by atoms with Gasteiger partial charge < -0.3 is 14.6 Å². The number of ether oxygens (including phenoxy) is 1. The van der Waals surface area contributed by atoms with E-state index in [-0.39, 0.29) is 11.6 Å². The van der Waals surface area contributed by atoms with Gasteiger partial charge in [-0.1, -0.05) is 16.8 Å². The zero-order valence-corrected chi connectivity index (χ0v) is 15.5. The third-order valence-electron chi connectivity index (χ3n) is 6.24. The summed E-state index contributed by atoms with van der Waals surface area (Å²) in [5.41, 5.74) is 0.771. The van der Waals surface area contributed by atoms with Crippen molar-refractivity contribution >= 4 is 28.4 Å². The first-order valence-electron chi connectivity index (χ1n) is 9.30. The van der Waals surface area contributed by atoms with Crippen LogP contribution < -0.4 is 10.1 Å². The maximum Gasteiger partial charge on any atom is 0.212 e. The van der Waals surface area contributed by atoms with Gasteiger partial charge in [0, 0.05) is 11.6 Å². The molecule has 134 valence electrons. The number of hydrogen-bond acceptors (Lipinski definition) is 5. The van der Waals surface area contributed by atoms with Crippen molar-refractivity contribution in [3.05, 3.63) is 17.2 Å². The SMILES string of the molecule is CC1(C)C(Nc2noc3c(OC4CC4)c(Cl)ccc23)C2CCN1CC2. The highest BCUT2D eigenvalue weighted by atomic mass is 35.5. The Morgan fingerprint density at radius 2 is 2.00 bits per heavy atom. The maximum absolute atomic E-state index is 6.33. The molecular formula is C19H24ClN3O2. The molecule has 1 saturated carbocycles. The number of rotatable bonds is 4. The highest BCUT2D eigenvalue weighted by molar-refractivity contribution is 6.33. The van der Waals surface area contributed by atoms with E-state index in [1.54, 1.807) is 0 Å². The Balaban J connectivity index is 1.49. The van der Waals surface area contributed by atoms with E-state index in [0.29, 0.717) is 28.3 Å². The highest BCUT2D eigenvalue weighted by Gasteiger charge is 2.48. The molecule has 1 atom stereocenters. The van der Waals surface area contributed by atoms with Crippen molar-refractivity contribution in [1.29, 1.82) is 0 Å². The topological polar surface area (TPSA) is 50.5 Å². The molecule has 4 aliphatic rings. The van der Waals surface area contributed by atoms with Crippen LogP contribution in [0.3, 0.4) is 0 Å². The summed E-state index contributed by atoms with van der Waals surface area (Å²) in [6.45, 7) is 7.06. The summed E-state index contributed by atoms with van der Waals surface area (Å²) in [4.78, 5) is 2.59. The third kappa shape index (κ3) is 2.51. The zero-order chi connectivity index (χ0) is 17.2. The van der Waals surface area contributed by atoms with Gasteiger partial charge in [-0.05, 0) is 70.7 Å². The molecule has 4 heterocycles. The van der Waals surface area contributed by atoms with Gasteiger partial charge in [-0.25, -0.2) is 0 Å². The number of benzene rings is 1. The van der Waals surface area contributed by atoms with E-state index in [0.717, 1.165) is 24.0 Å². The maximum atomic E-state index is 6.33. The normalized spacial score (nSPS) is 30.6. The molecule has 1 aromatic heterocycles. The molecule has 1 aliphatic carbocycles. The molecule has 4 fully saturated rings. The summed E-state index contributed by atoms with van der Waals surface area (Å²) in [7, 11) is 0. The fourth-order valence-corrected chi connectivity index (χ4v) is 4.74. The Labute approximate surface area is 152 Å². The summed E-state index contributed by atoms with van der Waals surface area (Å²) in [6, 6.07) is 4.22. The first-order valence-corrected chi connectivity index (χ1v) is 9.68. The molecule has 3 aliphatic heterocycles. The van der Waals surface area contributed by atoms with Crippen LogP contribution in [0.15, 0.2) is 16.7 Å². The van der Waals surface area contributed by atoms with Gasteiger partial charge in [0.2, 0.25) is 5.58 Å². The lowest BCUT2D eigenvalue weighted by Crippen LogP contribution is -2.66. The molecule has 5 nitrogen and oxygen atoms in total. The van der Waals surface area contributed by atoms with E-state index in [1.807, 2.05) is 12.1 Å². The Bertz CT molecular complexity index is 806. The van der Waals surface area contributed by atoms with Gasteiger partial charge in [0.15, 0.2) is 11.6 Å². The number of nitrogens with zero attached hydrogens (tertiary/aromatic N) is 2. The lowest BCUT2D eigenvalue weighted by molar-refractivity contribution is -0.0189. The second kappa shape index (κ2) is 5.52. The molecule has 0 amide bonds. The van der Waals surface area contributed by atoms with Crippen LogP contribution in [0.5, 0.6) is 5.75 Å². The van der Waals surface area contributed by atoms with Crippen molar-refractivity contribution < 1.29 is 9.26 Å². The predicted octanol–water partition coefficient (Wildman–Crippen LogP) is 4.31. The molecule has 25 heavy (non-hydrogen) atoms. The van der Waals surface area contributed by atoms with E-state index >= 15 is 0 Å². The van der Waals surface area contributed by atoms with Crippen molar-refractivity contribution in [2.75, 3.05) is 18.4 Å². The fraction of sp³-hybridized carbons (Fsp3) is 0.632. The summed E-state index contributed by atoms with van der Waals surface area (Å²) < 4.78 is 11.6. The van der Waals surface area contributed by atoms with Crippen LogP contribution in [0.2, 0.25) is 5.02 Å². The van der Waals surface area contributed by atoms with Crippen LogP contribution >= 0.6 is 11.6 Å².